The Kier molecular flexibility index (Phi) is 9.63. The molecular formula is C64H54BClN2. The van der Waals surface area contributed by atoms with Gasteiger partial charge in [0.2, 0.25) is 0 Å². The Morgan fingerprint density at radius 2 is 0.985 bits per heavy atom. The SMILES string of the molecule is Cc1cc2c3c(c1)N(c1ccc(C(C)(C)C)cc1-c1ccccc1)c1cc4c(cc1B3c1ccc(C(C)(C)C)cc1N2c1ccc(Cl)cc1)-c1ccccc1C4(c1ccccc1)c1ccccc1. The third-order valence-corrected chi connectivity index (χ3v) is 15.2. The smallest absolute Gasteiger partial charge is 0.252 e. The van der Waals surface area contributed by atoms with E-state index in [1.54, 1.807) is 0 Å². The van der Waals surface area contributed by atoms with Crippen LogP contribution in [0.5, 0.6) is 0 Å². The van der Waals surface area contributed by atoms with Crippen LogP contribution >= 0.6 is 11.6 Å². The molecule has 3 aliphatic rings. The molecule has 0 bridgehead atoms. The van der Waals surface area contributed by atoms with Crippen molar-refractivity contribution in [3.8, 4) is 22.3 Å². The molecule has 9 aromatic rings. The van der Waals surface area contributed by atoms with E-state index >= 15 is 0 Å². The number of benzene rings is 9. The largest absolute Gasteiger partial charge is 0.311 e. The predicted octanol–water partition coefficient (Wildman–Crippen LogP) is 15.4. The zero-order valence-corrected chi connectivity index (χ0v) is 40.7. The highest BCUT2D eigenvalue weighted by atomic mass is 35.5. The average molecular weight is 897 g/mol. The van der Waals surface area contributed by atoms with Crippen LogP contribution in [0.15, 0.2) is 200 Å². The maximum atomic E-state index is 6.64. The summed E-state index contributed by atoms with van der Waals surface area (Å²) in [6.07, 6.45) is 0. The van der Waals surface area contributed by atoms with Gasteiger partial charge >= 0.3 is 0 Å². The molecule has 0 saturated heterocycles. The van der Waals surface area contributed by atoms with E-state index in [-0.39, 0.29) is 17.5 Å². The molecule has 68 heavy (non-hydrogen) atoms. The van der Waals surface area contributed by atoms with Crippen LogP contribution in [0.3, 0.4) is 0 Å². The van der Waals surface area contributed by atoms with Crippen LogP contribution < -0.4 is 26.2 Å². The summed E-state index contributed by atoms with van der Waals surface area (Å²) in [5.74, 6) is 0. The van der Waals surface area contributed by atoms with Crippen LogP contribution in [0.1, 0.15) is 80.5 Å². The summed E-state index contributed by atoms with van der Waals surface area (Å²) in [5, 5.41) is 0.724. The number of fused-ring (bicyclic) bond motifs is 7. The molecule has 0 spiro atoms. The van der Waals surface area contributed by atoms with Gasteiger partial charge in [0, 0.05) is 39.0 Å². The first kappa shape index (κ1) is 42.3. The highest BCUT2D eigenvalue weighted by molar-refractivity contribution is 7.00. The van der Waals surface area contributed by atoms with Crippen molar-refractivity contribution < 1.29 is 0 Å². The summed E-state index contributed by atoms with van der Waals surface area (Å²) in [6, 6.07) is 75.5. The van der Waals surface area contributed by atoms with Crippen molar-refractivity contribution in [3.63, 3.8) is 0 Å². The maximum absolute atomic E-state index is 6.64. The number of hydrogen-bond acceptors (Lipinski definition) is 2. The molecule has 0 amide bonds. The molecule has 0 saturated carbocycles. The lowest BCUT2D eigenvalue weighted by atomic mass is 9.33. The summed E-state index contributed by atoms with van der Waals surface area (Å²) in [5.41, 5.74) is 24.1. The Morgan fingerprint density at radius 1 is 0.426 bits per heavy atom. The van der Waals surface area contributed by atoms with Crippen molar-refractivity contribution in [2.75, 3.05) is 9.80 Å². The molecule has 0 N–H and O–H groups in total. The molecule has 1 aliphatic carbocycles. The van der Waals surface area contributed by atoms with Gasteiger partial charge in [-0.15, -0.1) is 0 Å². The molecule has 0 fully saturated rings. The highest BCUT2D eigenvalue weighted by Gasteiger charge is 2.50. The van der Waals surface area contributed by atoms with Gasteiger partial charge in [-0.25, -0.2) is 0 Å². The number of halogens is 1. The molecule has 4 heteroatoms. The zero-order chi connectivity index (χ0) is 46.7. The van der Waals surface area contributed by atoms with Crippen LogP contribution in [-0.2, 0) is 16.2 Å². The number of nitrogens with zero attached hydrogens (tertiary/aromatic N) is 2. The number of aryl methyl sites for hydroxylation is 1. The Hall–Kier alpha value is -7.07. The van der Waals surface area contributed by atoms with E-state index < -0.39 is 5.41 Å². The fourth-order valence-electron chi connectivity index (χ4n) is 11.7. The molecule has 12 rings (SSSR count). The second-order valence-corrected chi connectivity index (χ2v) is 21.6. The maximum Gasteiger partial charge on any atom is 0.252 e. The van der Waals surface area contributed by atoms with Crippen molar-refractivity contribution in [1.29, 1.82) is 0 Å². The first-order chi connectivity index (χ1) is 32.8. The van der Waals surface area contributed by atoms with E-state index in [2.05, 4.69) is 246 Å². The fraction of sp³-hybridized carbons (Fsp3) is 0.156. The van der Waals surface area contributed by atoms with Gasteiger partial charge in [-0.1, -0.05) is 193 Å². The Morgan fingerprint density at radius 3 is 1.63 bits per heavy atom. The first-order valence-corrected chi connectivity index (χ1v) is 24.4. The van der Waals surface area contributed by atoms with Gasteiger partial charge in [0.25, 0.3) is 6.71 Å². The van der Waals surface area contributed by atoms with Gasteiger partial charge in [0.1, 0.15) is 0 Å². The number of anilines is 6. The summed E-state index contributed by atoms with van der Waals surface area (Å²) in [7, 11) is 0. The topological polar surface area (TPSA) is 6.48 Å². The van der Waals surface area contributed by atoms with E-state index in [4.69, 9.17) is 11.6 Å². The minimum Gasteiger partial charge on any atom is -0.311 e. The lowest BCUT2D eigenvalue weighted by Gasteiger charge is -2.45. The number of hydrogen-bond donors (Lipinski definition) is 0. The summed E-state index contributed by atoms with van der Waals surface area (Å²) in [4.78, 5) is 5.14. The lowest BCUT2D eigenvalue weighted by Crippen LogP contribution is -2.61. The van der Waals surface area contributed by atoms with Crippen LogP contribution in [-0.4, -0.2) is 6.71 Å². The van der Waals surface area contributed by atoms with Gasteiger partial charge in [0.05, 0.1) is 11.1 Å². The Balaban J connectivity index is 1.25. The highest BCUT2D eigenvalue weighted by Crippen LogP contribution is 2.58. The molecule has 2 aliphatic heterocycles. The minimum absolute atomic E-state index is 0.0538. The molecule has 2 nitrogen and oxygen atoms in total. The second-order valence-electron chi connectivity index (χ2n) is 21.2. The summed E-state index contributed by atoms with van der Waals surface area (Å²) in [6.45, 7) is 16.1. The third-order valence-electron chi connectivity index (χ3n) is 14.9. The van der Waals surface area contributed by atoms with Crippen molar-refractivity contribution >= 4 is 68.8 Å². The quantitative estimate of drug-likeness (QED) is 0.159. The van der Waals surface area contributed by atoms with Crippen LogP contribution in [0, 0.1) is 6.92 Å². The van der Waals surface area contributed by atoms with E-state index in [0.717, 1.165) is 16.4 Å². The van der Waals surface area contributed by atoms with Gasteiger partial charge in [0.15, 0.2) is 0 Å². The molecule has 0 aromatic heterocycles. The minimum atomic E-state index is -0.566. The van der Waals surface area contributed by atoms with Crippen molar-refractivity contribution in [2.45, 2.75) is 64.7 Å². The average Bonchev–Trinajstić information content (AvgIpc) is 3.63. The Labute approximate surface area is 407 Å². The van der Waals surface area contributed by atoms with Crippen molar-refractivity contribution in [3.05, 3.63) is 244 Å². The predicted molar refractivity (Wildman–Crippen MR) is 290 cm³/mol. The van der Waals surface area contributed by atoms with Crippen LogP contribution in [0.25, 0.3) is 22.3 Å². The summed E-state index contributed by atoms with van der Waals surface area (Å²) >= 11 is 6.64. The van der Waals surface area contributed by atoms with Crippen LogP contribution in [0.4, 0.5) is 34.1 Å². The standard InChI is InChI=1S/C64H54BClN2/c1-41-35-59-61-60(36-41)68(56-34-28-45(62(2,3)4)37-50(56)42-19-11-8-12-20-42)58-40-53-51(49-25-17-18-26-52(49)64(53,43-21-13-9-14-22-43)44-23-15-10-16-24-44)39-55(58)65(61)54-33-27-46(63(5,6)7)38-57(54)67(59)48-31-29-47(66)30-32-48/h8-40H,1-7H3. The van der Waals surface area contributed by atoms with Crippen LogP contribution in [0.2, 0.25) is 5.02 Å². The first-order valence-electron chi connectivity index (χ1n) is 24.1. The molecule has 0 unspecified atom stereocenters. The lowest BCUT2D eigenvalue weighted by molar-refractivity contribution is 0.590. The van der Waals surface area contributed by atoms with Gasteiger partial charge in [-0.2, -0.15) is 0 Å². The monoisotopic (exact) mass is 896 g/mol. The van der Waals surface area contributed by atoms with Gasteiger partial charge in [-0.05, 0) is 150 Å². The van der Waals surface area contributed by atoms with E-state index in [1.165, 1.54) is 100 Å². The molecular weight excluding hydrogens is 843 g/mol. The van der Waals surface area contributed by atoms with E-state index in [9.17, 15) is 0 Å². The van der Waals surface area contributed by atoms with E-state index in [0.29, 0.717) is 0 Å². The molecule has 0 atom stereocenters. The normalized spacial score (nSPS) is 14.2. The number of rotatable bonds is 5. The molecule has 330 valence electrons. The Bertz CT molecular complexity index is 3400. The summed E-state index contributed by atoms with van der Waals surface area (Å²) < 4.78 is 0. The van der Waals surface area contributed by atoms with Gasteiger partial charge < -0.3 is 9.80 Å². The van der Waals surface area contributed by atoms with Gasteiger partial charge in [-0.3, -0.25) is 0 Å². The molecule has 0 radical (unpaired) electrons. The van der Waals surface area contributed by atoms with Crippen molar-refractivity contribution in [1.82, 2.24) is 0 Å². The molecule has 2 heterocycles. The fourth-order valence-corrected chi connectivity index (χ4v) is 11.8. The third kappa shape index (κ3) is 6.39. The molecule has 9 aromatic carbocycles. The second kappa shape index (κ2) is 15.5. The van der Waals surface area contributed by atoms with E-state index in [1.807, 2.05) is 12.1 Å². The zero-order valence-electron chi connectivity index (χ0n) is 39.9. The van der Waals surface area contributed by atoms with Crippen molar-refractivity contribution in [2.24, 2.45) is 0 Å².